The lowest BCUT2D eigenvalue weighted by atomic mass is 10.1. The van der Waals surface area contributed by atoms with Crippen LogP contribution in [0.5, 0.6) is 11.5 Å². The molecule has 0 aliphatic carbocycles. The van der Waals surface area contributed by atoms with Crippen molar-refractivity contribution >= 4 is 12.1 Å². The van der Waals surface area contributed by atoms with Gasteiger partial charge in [-0.2, -0.15) is 5.10 Å². The largest absolute Gasteiger partial charge is 0.454 e. The molecule has 0 fully saturated rings. The van der Waals surface area contributed by atoms with Crippen molar-refractivity contribution in [2.75, 3.05) is 6.79 Å². The first kappa shape index (κ1) is 14.1. The molecule has 1 amide bonds. The van der Waals surface area contributed by atoms with E-state index in [1.165, 1.54) is 0 Å². The fourth-order valence-corrected chi connectivity index (χ4v) is 2.13. The maximum atomic E-state index is 11.7. The maximum Gasteiger partial charge on any atom is 0.240 e. The van der Waals surface area contributed by atoms with E-state index >= 15 is 0 Å². The van der Waals surface area contributed by atoms with Crippen LogP contribution in [0.15, 0.2) is 53.6 Å². The van der Waals surface area contributed by atoms with Crippen LogP contribution in [-0.4, -0.2) is 18.9 Å². The number of carbonyl (C=O) groups is 1. The molecule has 112 valence electrons. The van der Waals surface area contributed by atoms with Crippen molar-refractivity contribution in [1.29, 1.82) is 0 Å². The van der Waals surface area contributed by atoms with Crippen LogP contribution in [0.4, 0.5) is 0 Å². The van der Waals surface area contributed by atoms with E-state index in [0.29, 0.717) is 18.6 Å². The van der Waals surface area contributed by atoms with Crippen LogP contribution in [0.25, 0.3) is 0 Å². The van der Waals surface area contributed by atoms with Gasteiger partial charge in [-0.25, -0.2) is 5.43 Å². The minimum Gasteiger partial charge on any atom is -0.454 e. The second-order valence-corrected chi connectivity index (χ2v) is 4.89. The lowest BCUT2D eigenvalue weighted by Crippen LogP contribution is -2.17. The summed E-state index contributed by atoms with van der Waals surface area (Å²) in [4.78, 5) is 11.7. The summed E-state index contributed by atoms with van der Waals surface area (Å²) in [5, 5.41) is 3.96. The Morgan fingerprint density at radius 3 is 2.82 bits per heavy atom. The van der Waals surface area contributed by atoms with Gasteiger partial charge in [0.25, 0.3) is 0 Å². The van der Waals surface area contributed by atoms with E-state index in [4.69, 9.17) is 9.47 Å². The van der Waals surface area contributed by atoms with Gasteiger partial charge in [0.05, 0.1) is 6.21 Å². The summed E-state index contributed by atoms with van der Waals surface area (Å²) in [6, 6.07) is 15.4. The fraction of sp³-hybridized carbons (Fsp3) is 0.176. The molecule has 0 saturated carbocycles. The molecule has 22 heavy (non-hydrogen) atoms. The van der Waals surface area contributed by atoms with Crippen molar-refractivity contribution in [2.45, 2.75) is 12.8 Å². The normalized spacial score (nSPS) is 12.5. The highest BCUT2D eigenvalue weighted by Crippen LogP contribution is 2.31. The van der Waals surface area contributed by atoms with Gasteiger partial charge in [-0.15, -0.1) is 0 Å². The minimum absolute atomic E-state index is 0.110. The number of hydrogen-bond donors (Lipinski definition) is 1. The number of hydrazone groups is 1. The number of ether oxygens (including phenoxy) is 2. The number of nitrogens with one attached hydrogen (secondary N) is 1. The number of amides is 1. The first-order chi connectivity index (χ1) is 10.8. The summed E-state index contributed by atoms with van der Waals surface area (Å²) in [5.41, 5.74) is 4.50. The zero-order valence-electron chi connectivity index (χ0n) is 12.0. The fourth-order valence-electron chi connectivity index (χ4n) is 2.13. The molecule has 3 rings (SSSR count). The predicted octanol–water partition coefficient (Wildman–Crippen LogP) is 2.50. The van der Waals surface area contributed by atoms with Crippen molar-refractivity contribution < 1.29 is 14.3 Å². The summed E-state index contributed by atoms with van der Waals surface area (Å²) in [7, 11) is 0. The number of fused-ring (bicyclic) bond motifs is 1. The Hall–Kier alpha value is -2.82. The number of benzene rings is 2. The van der Waals surface area contributed by atoms with Crippen LogP contribution in [0.1, 0.15) is 17.5 Å². The highest BCUT2D eigenvalue weighted by molar-refractivity contribution is 5.83. The SMILES string of the molecule is O=C(CCc1ccccc1)N/N=C\c1ccc2c(c1)OCO2. The molecular weight excluding hydrogens is 280 g/mol. The van der Waals surface area contributed by atoms with Crippen LogP contribution >= 0.6 is 0 Å². The van der Waals surface area contributed by atoms with E-state index in [1.54, 1.807) is 6.21 Å². The standard InChI is InChI=1S/C17H16N2O3/c20-17(9-7-13-4-2-1-3-5-13)19-18-11-14-6-8-15-16(10-14)22-12-21-15/h1-6,8,10-11H,7,9,12H2,(H,19,20)/b18-11-. The van der Waals surface area contributed by atoms with Crippen LogP contribution < -0.4 is 14.9 Å². The predicted molar refractivity (Wildman–Crippen MR) is 83.1 cm³/mol. The van der Waals surface area contributed by atoms with Gasteiger partial charge in [0.2, 0.25) is 12.7 Å². The lowest BCUT2D eigenvalue weighted by Gasteiger charge is -2.01. The second-order valence-electron chi connectivity index (χ2n) is 4.89. The molecule has 2 aromatic carbocycles. The average Bonchev–Trinajstić information content (AvgIpc) is 3.02. The van der Waals surface area contributed by atoms with Crippen molar-refractivity contribution in [3.63, 3.8) is 0 Å². The van der Waals surface area contributed by atoms with Gasteiger partial charge in [0, 0.05) is 6.42 Å². The zero-order valence-corrected chi connectivity index (χ0v) is 12.0. The third kappa shape index (κ3) is 3.63. The third-order valence-electron chi connectivity index (χ3n) is 3.28. The van der Waals surface area contributed by atoms with Crippen LogP contribution in [-0.2, 0) is 11.2 Å². The molecule has 0 unspecified atom stereocenters. The molecule has 1 N–H and O–H groups in total. The molecule has 2 aromatic rings. The Labute approximate surface area is 128 Å². The molecular formula is C17H16N2O3. The number of aryl methyl sites for hydroxylation is 1. The number of hydrogen-bond acceptors (Lipinski definition) is 4. The second kappa shape index (κ2) is 6.76. The Morgan fingerprint density at radius 2 is 1.95 bits per heavy atom. The summed E-state index contributed by atoms with van der Waals surface area (Å²) < 4.78 is 10.5. The first-order valence-corrected chi connectivity index (χ1v) is 7.07. The minimum atomic E-state index is -0.110. The Morgan fingerprint density at radius 1 is 1.14 bits per heavy atom. The number of nitrogens with zero attached hydrogens (tertiary/aromatic N) is 1. The molecule has 0 atom stereocenters. The molecule has 0 aromatic heterocycles. The molecule has 1 heterocycles. The number of carbonyl (C=O) groups excluding carboxylic acids is 1. The van der Waals surface area contributed by atoms with Crippen LogP contribution in [0.3, 0.4) is 0 Å². The molecule has 1 aliphatic rings. The Kier molecular flexibility index (Phi) is 4.34. The zero-order chi connectivity index (χ0) is 15.2. The van der Waals surface area contributed by atoms with Crippen molar-refractivity contribution in [2.24, 2.45) is 5.10 Å². The van der Waals surface area contributed by atoms with Crippen LogP contribution in [0, 0.1) is 0 Å². The van der Waals surface area contributed by atoms with E-state index in [-0.39, 0.29) is 12.7 Å². The van der Waals surface area contributed by atoms with E-state index in [0.717, 1.165) is 16.9 Å². The smallest absolute Gasteiger partial charge is 0.240 e. The number of rotatable bonds is 5. The van der Waals surface area contributed by atoms with E-state index in [1.807, 2.05) is 48.5 Å². The van der Waals surface area contributed by atoms with Gasteiger partial charge < -0.3 is 9.47 Å². The summed E-state index contributed by atoms with van der Waals surface area (Å²) in [6.07, 6.45) is 2.69. The first-order valence-electron chi connectivity index (χ1n) is 7.07. The van der Waals surface area contributed by atoms with E-state index < -0.39 is 0 Å². The molecule has 1 aliphatic heterocycles. The van der Waals surface area contributed by atoms with Crippen molar-refractivity contribution in [1.82, 2.24) is 5.43 Å². The van der Waals surface area contributed by atoms with Gasteiger partial charge in [0.1, 0.15) is 0 Å². The molecule has 0 bridgehead atoms. The molecule has 0 spiro atoms. The van der Waals surface area contributed by atoms with Crippen LogP contribution in [0.2, 0.25) is 0 Å². The third-order valence-corrected chi connectivity index (χ3v) is 3.28. The van der Waals surface area contributed by atoms with Gasteiger partial charge in [-0.3, -0.25) is 4.79 Å². The van der Waals surface area contributed by atoms with Crippen molar-refractivity contribution in [3.8, 4) is 11.5 Å². The highest BCUT2D eigenvalue weighted by Gasteiger charge is 2.12. The molecule has 5 heteroatoms. The monoisotopic (exact) mass is 296 g/mol. The lowest BCUT2D eigenvalue weighted by molar-refractivity contribution is -0.121. The maximum absolute atomic E-state index is 11.7. The van der Waals surface area contributed by atoms with E-state index in [9.17, 15) is 4.79 Å². The Balaban J connectivity index is 1.48. The van der Waals surface area contributed by atoms with Gasteiger partial charge >= 0.3 is 0 Å². The molecule has 0 saturated heterocycles. The summed E-state index contributed by atoms with van der Waals surface area (Å²) in [6.45, 7) is 0.242. The quantitative estimate of drug-likeness (QED) is 0.681. The summed E-state index contributed by atoms with van der Waals surface area (Å²) >= 11 is 0. The van der Waals surface area contributed by atoms with Crippen molar-refractivity contribution in [3.05, 3.63) is 59.7 Å². The van der Waals surface area contributed by atoms with Gasteiger partial charge in [0.15, 0.2) is 11.5 Å². The highest BCUT2D eigenvalue weighted by atomic mass is 16.7. The summed E-state index contributed by atoms with van der Waals surface area (Å²) in [5.74, 6) is 1.31. The average molecular weight is 296 g/mol. The molecule has 0 radical (unpaired) electrons. The van der Waals surface area contributed by atoms with E-state index in [2.05, 4.69) is 10.5 Å². The Bertz CT molecular complexity index is 684. The van der Waals surface area contributed by atoms with Gasteiger partial charge in [-0.1, -0.05) is 30.3 Å². The topological polar surface area (TPSA) is 59.9 Å². The molecule has 5 nitrogen and oxygen atoms in total. The van der Waals surface area contributed by atoms with Gasteiger partial charge in [-0.05, 0) is 35.7 Å².